The largest absolute Gasteiger partial charge is 0.454 e. The van der Waals surface area contributed by atoms with Crippen LogP contribution >= 0.6 is 0 Å². The van der Waals surface area contributed by atoms with Crippen molar-refractivity contribution in [3.63, 3.8) is 0 Å². The van der Waals surface area contributed by atoms with Gasteiger partial charge in [-0.25, -0.2) is 0 Å². The molecule has 0 radical (unpaired) electrons. The van der Waals surface area contributed by atoms with Gasteiger partial charge in [-0.2, -0.15) is 13.2 Å². The van der Waals surface area contributed by atoms with Crippen LogP contribution in [0.1, 0.15) is 21.5 Å². The number of fused-ring (bicyclic) bond motifs is 1. The fourth-order valence-corrected chi connectivity index (χ4v) is 2.18. The van der Waals surface area contributed by atoms with E-state index in [0.29, 0.717) is 17.1 Å². The fraction of sp³-hybridized carbons (Fsp3) is 0.167. The summed E-state index contributed by atoms with van der Waals surface area (Å²) in [6.07, 6.45) is -4.41. The van der Waals surface area contributed by atoms with E-state index in [4.69, 9.17) is 9.47 Å². The molecule has 1 aliphatic rings. The van der Waals surface area contributed by atoms with E-state index in [1.54, 1.807) is 18.2 Å². The first kappa shape index (κ1) is 16.7. The maximum Gasteiger partial charge on any atom is 0.416 e. The van der Waals surface area contributed by atoms with Crippen LogP contribution in [0.25, 0.3) is 0 Å². The minimum Gasteiger partial charge on any atom is -0.454 e. The zero-order valence-electron chi connectivity index (χ0n) is 12.8. The molecule has 1 N–H and O–H groups in total. The summed E-state index contributed by atoms with van der Waals surface area (Å²) in [5.74, 6) is 5.92. The van der Waals surface area contributed by atoms with Crippen molar-refractivity contribution in [3.8, 4) is 23.3 Å². The third kappa shape index (κ3) is 4.04. The molecule has 4 nitrogen and oxygen atoms in total. The van der Waals surface area contributed by atoms with Gasteiger partial charge >= 0.3 is 6.18 Å². The van der Waals surface area contributed by atoms with Crippen LogP contribution in [0.5, 0.6) is 11.5 Å². The van der Waals surface area contributed by atoms with Crippen LogP contribution in [0.4, 0.5) is 13.2 Å². The summed E-state index contributed by atoms with van der Waals surface area (Å²) in [4.78, 5) is 12.0. The van der Waals surface area contributed by atoms with Gasteiger partial charge in [-0.15, -0.1) is 0 Å². The van der Waals surface area contributed by atoms with Crippen molar-refractivity contribution in [1.29, 1.82) is 0 Å². The monoisotopic (exact) mass is 347 g/mol. The Hall–Kier alpha value is -3.14. The molecule has 0 bridgehead atoms. The number of amides is 1. The van der Waals surface area contributed by atoms with Gasteiger partial charge in [-0.3, -0.25) is 4.79 Å². The predicted octanol–water partition coefficient (Wildman–Crippen LogP) is 3.22. The molecule has 7 heteroatoms. The van der Waals surface area contributed by atoms with Crippen LogP contribution in [0.2, 0.25) is 0 Å². The topological polar surface area (TPSA) is 47.6 Å². The Balaban J connectivity index is 1.60. The number of nitrogens with one attached hydrogen (secondary N) is 1. The van der Waals surface area contributed by atoms with Crippen molar-refractivity contribution < 1.29 is 27.4 Å². The Morgan fingerprint density at radius 2 is 1.92 bits per heavy atom. The zero-order chi connectivity index (χ0) is 17.9. The maximum atomic E-state index is 12.6. The van der Waals surface area contributed by atoms with Crippen LogP contribution in [-0.2, 0) is 6.18 Å². The molecule has 2 aromatic carbocycles. The second-order valence-electron chi connectivity index (χ2n) is 5.13. The lowest BCUT2D eigenvalue weighted by molar-refractivity contribution is -0.137. The standard InChI is InChI=1S/C18H12F3NO3/c19-18(20,21)14-5-1-3-12(9-14)4-2-8-22-17(23)13-6-7-15-16(10-13)25-11-24-15/h1,3,5-7,9-10H,8,11H2,(H,22,23). The van der Waals surface area contributed by atoms with Crippen LogP contribution in [0.15, 0.2) is 42.5 Å². The van der Waals surface area contributed by atoms with Gasteiger partial charge < -0.3 is 14.8 Å². The van der Waals surface area contributed by atoms with Crippen molar-refractivity contribution in [1.82, 2.24) is 5.32 Å². The van der Waals surface area contributed by atoms with Crippen molar-refractivity contribution in [2.75, 3.05) is 13.3 Å². The van der Waals surface area contributed by atoms with E-state index in [1.165, 1.54) is 12.1 Å². The summed E-state index contributed by atoms with van der Waals surface area (Å²) in [6.45, 7) is 0.117. The van der Waals surface area contributed by atoms with Gasteiger partial charge in [0, 0.05) is 11.1 Å². The number of rotatable bonds is 2. The Kier molecular flexibility index (Phi) is 4.52. The lowest BCUT2D eigenvalue weighted by Crippen LogP contribution is -2.23. The van der Waals surface area contributed by atoms with Crippen LogP contribution in [0, 0.1) is 11.8 Å². The number of hydrogen-bond acceptors (Lipinski definition) is 3. The van der Waals surface area contributed by atoms with Crippen molar-refractivity contribution >= 4 is 5.91 Å². The number of halogens is 3. The quantitative estimate of drug-likeness (QED) is 0.849. The van der Waals surface area contributed by atoms with Crippen LogP contribution in [0.3, 0.4) is 0 Å². The van der Waals surface area contributed by atoms with E-state index < -0.39 is 11.7 Å². The van der Waals surface area contributed by atoms with E-state index in [9.17, 15) is 18.0 Å². The smallest absolute Gasteiger partial charge is 0.416 e. The van der Waals surface area contributed by atoms with Gasteiger partial charge in [-0.1, -0.05) is 17.9 Å². The van der Waals surface area contributed by atoms with E-state index in [1.807, 2.05) is 0 Å². The van der Waals surface area contributed by atoms with E-state index in [2.05, 4.69) is 17.2 Å². The van der Waals surface area contributed by atoms with Crippen LogP contribution < -0.4 is 14.8 Å². The maximum absolute atomic E-state index is 12.6. The molecular formula is C18H12F3NO3. The summed E-state index contributed by atoms with van der Waals surface area (Å²) in [5, 5.41) is 2.57. The molecule has 1 heterocycles. The summed E-state index contributed by atoms with van der Waals surface area (Å²) in [7, 11) is 0. The Labute approximate surface area is 141 Å². The summed E-state index contributed by atoms with van der Waals surface area (Å²) in [6, 6.07) is 9.48. The molecule has 25 heavy (non-hydrogen) atoms. The molecule has 0 saturated heterocycles. The lowest BCUT2D eigenvalue weighted by atomic mass is 10.1. The minimum absolute atomic E-state index is 0.00349. The Morgan fingerprint density at radius 1 is 1.12 bits per heavy atom. The number of carbonyl (C=O) groups excluding carboxylic acids is 1. The van der Waals surface area contributed by atoms with Crippen molar-refractivity contribution in [3.05, 3.63) is 59.2 Å². The number of carbonyl (C=O) groups is 1. The second kappa shape index (κ2) is 6.77. The third-order valence-corrected chi connectivity index (χ3v) is 3.39. The summed E-state index contributed by atoms with van der Waals surface area (Å²) >= 11 is 0. The molecule has 1 amide bonds. The third-order valence-electron chi connectivity index (χ3n) is 3.39. The number of ether oxygens (including phenoxy) is 2. The zero-order valence-corrected chi connectivity index (χ0v) is 12.8. The molecule has 3 rings (SSSR count). The number of alkyl halides is 3. The van der Waals surface area contributed by atoms with E-state index in [0.717, 1.165) is 12.1 Å². The van der Waals surface area contributed by atoms with Gasteiger partial charge in [0.2, 0.25) is 6.79 Å². The number of hydrogen-bond donors (Lipinski definition) is 1. The SMILES string of the molecule is O=C(NCC#Cc1cccc(C(F)(F)F)c1)c1ccc2c(c1)OCO2. The van der Waals surface area contributed by atoms with Gasteiger partial charge in [0.25, 0.3) is 5.91 Å². The minimum atomic E-state index is -4.41. The molecule has 0 fully saturated rings. The molecule has 0 unspecified atom stereocenters. The summed E-state index contributed by atoms with van der Waals surface area (Å²) in [5.41, 5.74) is -0.152. The normalized spacial score (nSPS) is 12.3. The van der Waals surface area contributed by atoms with Crippen molar-refractivity contribution in [2.45, 2.75) is 6.18 Å². The number of benzene rings is 2. The molecule has 0 saturated carbocycles. The molecule has 2 aromatic rings. The predicted molar refractivity (Wildman–Crippen MR) is 83.2 cm³/mol. The molecule has 1 aliphatic heterocycles. The second-order valence-corrected chi connectivity index (χ2v) is 5.13. The highest BCUT2D eigenvalue weighted by atomic mass is 19.4. The van der Waals surface area contributed by atoms with E-state index >= 15 is 0 Å². The van der Waals surface area contributed by atoms with Crippen LogP contribution in [-0.4, -0.2) is 19.2 Å². The van der Waals surface area contributed by atoms with Gasteiger partial charge in [-0.05, 0) is 36.4 Å². The van der Waals surface area contributed by atoms with E-state index in [-0.39, 0.29) is 24.8 Å². The Morgan fingerprint density at radius 3 is 2.72 bits per heavy atom. The molecular weight excluding hydrogens is 335 g/mol. The van der Waals surface area contributed by atoms with Gasteiger partial charge in [0.1, 0.15) is 0 Å². The highest BCUT2D eigenvalue weighted by Crippen LogP contribution is 2.32. The molecule has 0 spiro atoms. The fourth-order valence-electron chi connectivity index (χ4n) is 2.18. The molecule has 128 valence electrons. The first-order valence-electron chi connectivity index (χ1n) is 7.27. The van der Waals surface area contributed by atoms with Gasteiger partial charge in [0.05, 0.1) is 12.1 Å². The molecule has 0 aliphatic carbocycles. The lowest BCUT2D eigenvalue weighted by Gasteiger charge is -2.05. The molecule has 0 atom stereocenters. The molecule has 0 aromatic heterocycles. The highest BCUT2D eigenvalue weighted by Gasteiger charge is 2.30. The first-order chi connectivity index (χ1) is 11.9. The average Bonchev–Trinajstić information content (AvgIpc) is 3.05. The summed E-state index contributed by atoms with van der Waals surface area (Å²) < 4.78 is 48.2. The van der Waals surface area contributed by atoms with Gasteiger partial charge in [0.15, 0.2) is 11.5 Å². The Bertz CT molecular complexity index is 866. The average molecular weight is 347 g/mol. The van der Waals surface area contributed by atoms with Crippen molar-refractivity contribution in [2.24, 2.45) is 0 Å². The first-order valence-corrected chi connectivity index (χ1v) is 7.27. The highest BCUT2D eigenvalue weighted by molar-refractivity contribution is 5.95.